The van der Waals surface area contributed by atoms with Crippen LogP contribution in [0.25, 0.3) is 0 Å². The molecule has 1 saturated carbocycles. The number of halogens is 1. The molecule has 1 atom stereocenters. The molecule has 5 nitrogen and oxygen atoms in total. The molecule has 29 heavy (non-hydrogen) atoms. The first-order valence-corrected chi connectivity index (χ1v) is 10.6. The molecule has 0 spiro atoms. The minimum Gasteiger partial charge on any atom is -0.512 e. The zero-order chi connectivity index (χ0) is 21.7. The molecule has 6 heteroatoms. The fraction of sp³-hybridized carbons (Fsp3) is 0.522. The van der Waals surface area contributed by atoms with Crippen molar-refractivity contribution in [1.82, 2.24) is 0 Å². The van der Waals surface area contributed by atoms with Crippen molar-refractivity contribution in [3.63, 3.8) is 0 Å². The van der Waals surface area contributed by atoms with E-state index in [1.807, 2.05) is 27.7 Å². The number of hydrogen-bond acceptors (Lipinski definition) is 5. The average Bonchev–Trinajstić information content (AvgIpc) is 2.52. The number of aromatic hydroxyl groups is 1. The van der Waals surface area contributed by atoms with Gasteiger partial charge >= 0.3 is 0 Å². The highest BCUT2D eigenvalue weighted by molar-refractivity contribution is 9.10. The second-order valence-corrected chi connectivity index (χ2v) is 10.8. The van der Waals surface area contributed by atoms with Crippen LogP contribution >= 0.6 is 15.9 Å². The molecule has 3 rings (SSSR count). The van der Waals surface area contributed by atoms with Crippen LogP contribution in [-0.2, 0) is 14.4 Å². The summed E-state index contributed by atoms with van der Waals surface area (Å²) >= 11 is 3.36. The molecule has 2 aliphatic rings. The van der Waals surface area contributed by atoms with E-state index in [0.29, 0.717) is 10.0 Å². The second-order valence-electron chi connectivity index (χ2n) is 9.91. The number of aliphatic hydroxyl groups excluding tert-OH is 1. The third-order valence-corrected chi connectivity index (χ3v) is 6.36. The standard InChI is InChI=1S/C23H27BrO5/c1-22(2)8-15(26)20(16(27)9-22)19(13-7-12(24)5-6-14(13)25)21-17(28)10-23(3,4)11-18(21)29/h5-7,19-20,25,28H,8-11H2,1-4H3. The largest absolute Gasteiger partial charge is 0.512 e. The smallest absolute Gasteiger partial charge is 0.163 e. The van der Waals surface area contributed by atoms with Gasteiger partial charge in [0, 0.05) is 47.2 Å². The SMILES string of the molecule is CC1(C)CC(=O)C(C(C2=C(O)CC(C)(C)CC2=O)c2cc(Br)ccc2O)C(=O)C1. The maximum Gasteiger partial charge on any atom is 0.163 e. The van der Waals surface area contributed by atoms with Crippen LogP contribution in [-0.4, -0.2) is 27.6 Å². The van der Waals surface area contributed by atoms with E-state index >= 15 is 0 Å². The number of rotatable bonds is 3. The van der Waals surface area contributed by atoms with Crippen molar-refractivity contribution in [2.75, 3.05) is 0 Å². The normalized spacial score (nSPS) is 23.4. The van der Waals surface area contributed by atoms with E-state index < -0.39 is 22.7 Å². The highest BCUT2D eigenvalue weighted by atomic mass is 79.9. The number of hydrogen-bond donors (Lipinski definition) is 2. The summed E-state index contributed by atoms with van der Waals surface area (Å²) in [7, 11) is 0. The lowest BCUT2D eigenvalue weighted by molar-refractivity contribution is -0.140. The first kappa shape index (κ1) is 21.8. The van der Waals surface area contributed by atoms with Gasteiger partial charge in [0.15, 0.2) is 5.78 Å². The Hall–Kier alpha value is -1.95. The van der Waals surface area contributed by atoms with Crippen molar-refractivity contribution in [1.29, 1.82) is 0 Å². The molecular weight excluding hydrogens is 436 g/mol. The van der Waals surface area contributed by atoms with Crippen molar-refractivity contribution >= 4 is 33.3 Å². The van der Waals surface area contributed by atoms with E-state index in [1.54, 1.807) is 12.1 Å². The molecule has 2 N–H and O–H groups in total. The topological polar surface area (TPSA) is 91.7 Å². The van der Waals surface area contributed by atoms with Gasteiger partial charge in [-0.05, 0) is 29.0 Å². The predicted molar refractivity (Wildman–Crippen MR) is 113 cm³/mol. The summed E-state index contributed by atoms with van der Waals surface area (Å²) in [6.45, 7) is 7.52. The number of allylic oxidation sites excluding steroid dienone is 2. The van der Waals surface area contributed by atoms with Crippen LogP contribution in [0.1, 0.15) is 64.9 Å². The molecule has 0 heterocycles. The molecule has 0 aromatic heterocycles. The number of carbonyl (C=O) groups excluding carboxylic acids is 3. The van der Waals surface area contributed by atoms with Crippen LogP contribution in [0.4, 0.5) is 0 Å². The summed E-state index contributed by atoms with van der Waals surface area (Å²) in [6, 6.07) is 4.72. The Morgan fingerprint density at radius 3 is 2.03 bits per heavy atom. The molecule has 0 amide bonds. The van der Waals surface area contributed by atoms with E-state index in [-0.39, 0.29) is 60.1 Å². The summed E-state index contributed by atoms with van der Waals surface area (Å²) in [6.07, 6.45) is 0.906. The Morgan fingerprint density at radius 2 is 1.48 bits per heavy atom. The zero-order valence-electron chi connectivity index (χ0n) is 17.2. The van der Waals surface area contributed by atoms with E-state index in [9.17, 15) is 24.6 Å². The Balaban J connectivity index is 2.21. The highest BCUT2D eigenvalue weighted by Crippen LogP contribution is 2.49. The molecule has 0 saturated heterocycles. The molecule has 0 aliphatic heterocycles. The molecule has 1 unspecified atom stereocenters. The Kier molecular flexibility index (Phi) is 5.54. The highest BCUT2D eigenvalue weighted by Gasteiger charge is 2.49. The summed E-state index contributed by atoms with van der Waals surface area (Å²) in [5, 5.41) is 21.4. The van der Waals surface area contributed by atoms with Crippen molar-refractivity contribution in [2.45, 2.75) is 59.3 Å². The molecular formula is C23H27BrO5. The fourth-order valence-corrected chi connectivity index (χ4v) is 5.09. The van der Waals surface area contributed by atoms with Crippen molar-refractivity contribution in [3.05, 3.63) is 39.6 Å². The van der Waals surface area contributed by atoms with E-state index in [2.05, 4.69) is 15.9 Å². The first-order chi connectivity index (χ1) is 13.3. The Bertz CT molecular complexity index is 905. The molecule has 1 aromatic rings. The molecule has 1 aromatic carbocycles. The average molecular weight is 463 g/mol. The van der Waals surface area contributed by atoms with Gasteiger partial charge < -0.3 is 10.2 Å². The van der Waals surface area contributed by atoms with Gasteiger partial charge in [0.2, 0.25) is 0 Å². The van der Waals surface area contributed by atoms with Gasteiger partial charge in [-0.15, -0.1) is 0 Å². The summed E-state index contributed by atoms with van der Waals surface area (Å²) in [4.78, 5) is 39.3. The number of phenolic OH excluding ortho intramolecular Hbond substituents is 1. The van der Waals surface area contributed by atoms with Gasteiger partial charge in [0.05, 0.1) is 5.92 Å². The predicted octanol–water partition coefficient (Wildman–Crippen LogP) is 5.01. The Morgan fingerprint density at radius 1 is 0.931 bits per heavy atom. The number of aliphatic hydroxyl groups is 1. The van der Waals surface area contributed by atoms with Crippen LogP contribution in [0.15, 0.2) is 34.0 Å². The van der Waals surface area contributed by atoms with E-state index in [0.717, 1.165) is 0 Å². The van der Waals surface area contributed by atoms with Gasteiger partial charge in [-0.2, -0.15) is 0 Å². The third kappa shape index (κ3) is 4.32. The van der Waals surface area contributed by atoms with Crippen LogP contribution in [0.5, 0.6) is 5.75 Å². The van der Waals surface area contributed by atoms with Gasteiger partial charge in [-0.25, -0.2) is 0 Å². The zero-order valence-corrected chi connectivity index (χ0v) is 18.8. The van der Waals surface area contributed by atoms with Crippen LogP contribution in [0.3, 0.4) is 0 Å². The maximum atomic E-state index is 13.1. The molecule has 0 radical (unpaired) electrons. The number of Topliss-reactive ketones (excluding diaryl/α,β-unsaturated/α-hetero) is 3. The third-order valence-electron chi connectivity index (χ3n) is 5.86. The molecule has 1 fully saturated rings. The molecule has 0 bridgehead atoms. The van der Waals surface area contributed by atoms with Crippen molar-refractivity contribution in [2.24, 2.45) is 16.7 Å². The summed E-state index contributed by atoms with van der Waals surface area (Å²) < 4.78 is 0.648. The summed E-state index contributed by atoms with van der Waals surface area (Å²) in [5.41, 5.74) is -0.454. The van der Waals surface area contributed by atoms with Gasteiger partial charge in [-0.1, -0.05) is 43.6 Å². The van der Waals surface area contributed by atoms with Crippen LogP contribution in [0, 0.1) is 16.7 Å². The van der Waals surface area contributed by atoms with E-state index in [1.165, 1.54) is 6.07 Å². The number of benzene rings is 1. The van der Waals surface area contributed by atoms with Crippen LogP contribution in [0.2, 0.25) is 0 Å². The van der Waals surface area contributed by atoms with Crippen molar-refractivity contribution < 1.29 is 24.6 Å². The lowest BCUT2D eigenvalue weighted by Crippen LogP contribution is -2.43. The lowest BCUT2D eigenvalue weighted by atomic mass is 9.62. The fourth-order valence-electron chi connectivity index (χ4n) is 4.71. The van der Waals surface area contributed by atoms with Gasteiger partial charge in [0.1, 0.15) is 23.1 Å². The molecule has 156 valence electrons. The minimum atomic E-state index is -1.09. The lowest BCUT2D eigenvalue weighted by Gasteiger charge is -2.39. The monoisotopic (exact) mass is 462 g/mol. The van der Waals surface area contributed by atoms with Gasteiger partial charge in [-0.3, -0.25) is 14.4 Å². The number of carbonyl (C=O) groups is 3. The second kappa shape index (κ2) is 7.38. The van der Waals surface area contributed by atoms with Crippen LogP contribution < -0.4 is 0 Å². The Labute approximate surface area is 179 Å². The van der Waals surface area contributed by atoms with Gasteiger partial charge in [0.25, 0.3) is 0 Å². The first-order valence-electron chi connectivity index (χ1n) is 9.80. The van der Waals surface area contributed by atoms with E-state index in [4.69, 9.17) is 0 Å². The minimum absolute atomic E-state index is 0.0872. The summed E-state index contributed by atoms with van der Waals surface area (Å²) in [5.74, 6) is -3.09. The number of ketones is 3. The molecule has 2 aliphatic carbocycles. The number of phenols is 1. The quantitative estimate of drug-likeness (QED) is 0.615. The van der Waals surface area contributed by atoms with Crippen molar-refractivity contribution in [3.8, 4) is 5.75 Å². The maximum absolute atomic E-state index is 13.1.